The minimum atomic E-state index is 0.602. The van der Waals surface area contributed by atoms with E-state index in [9.17, 15) is 0 Å². The fourth-order valence-electron chi connectivity index (χ4n) is 1.67. The summed E-state index contributed by atoms with van der Waals surface area (Å²) in [4.78, 5) is 17.0. The second-order valence-corrected chi connectivity index (χ2v) is 4.11. The van der Waals surface area contributed by atoms with E-state index in [0.29, 0.717) is 23.0 Å². The van der Waals surface area contributed by atoms with E-state index in [2.05, 4.69) is 25.3 Å². The van der Waals surface area contributed by atoms with Crippen LogP contribution >= 0.6 is 0 Å². The van der Waals surface area contributed by atoms with Crippen molar-refractivity contribution < 1.29 is 0 Å². The molecule has 0 aliphatic carbocycles. The van der Waals surface area contributed by atoms with Gasteiger partial charge >= 0.3 is 0 Å². The van der Waals surface area contributed by atoms with E-state index in [4.69, 9.17) is 5.73 Å². The van der Waals surface area contributed by atoms with Gasteiger partial charge in [0, 0.05) is 6.20 Å². The SMILES string of the molecule is Nc1ccc(Nc2cncc(-c3ccccn3)n2)nc1. The van der Waals surface area contributed by atoms with Crippen LogP contribution in [0.25, 0.3) is 11.4 Å². The maximum absolute atomic E-state index is 5.59. The maximum Gasteiger partial charge on any atom is 0.150 e. The molecule has 0 aliphatic rings. The van der Waals surface area contributed by atoms with Crippen molar-refractivity contribution in [2.24, 2.45) is 0 Å². The van der Waals surface area contributed by atoms with Crippen molar-refractivity contribution in [1.29, 1.82) is 0 Å². The van der Waals surface area contributed by atoms with E-state index in [1.807, 2.05) is 18.2 Å². The minimum Gasteiger partial charge on any atom is -0.397 e. The lowest BCUT2D eigenvalue weighted by molar-refractivity contribution is 1.16. The number of nitrogens with two attached hydrogens (primary N) is 1. The summed E-state index contributed by atoms with van der Waals surface area (Å²) in [5.41, 5.74) is 7.68. The Labute approximate surface area is 115 Å². The number of anilines is 3. The van der Waals surface area contributed by atoms with Crippen LogP contribution in [-0.2, 0) is 0 Å². The summed E-state index contributed by atoms with van der Waals surface area (Å²) in [6.07, 6.45) is 6.60. The number of pyridine rings is 2. The Kier molecular flexibility index (Phi) is 3.20. The van der Waals surface area contributed by atoms with E-state index >= 15 is 0 Å². The monoisotopic (exact) mass is 264 g/mol. The summed E-state index contributed by atoms with van der Waals surface area (Å²) in [7, 11) is 0. The molecule has 3 aromatic heterocycles. The highest BCUT2D eigenvalue weighted by atomic mass is 15.1. The number of rotatable bonds is 3. The molecule has 0 radical (unpaired) electrons. The topological polar surface area (TPSA) is 89.6 Å². The molecule has 3 aromatic rings. The molecule has 3 N–H and O–H groups in total. The average Bonchev–Trinajstić information content (AvgIpc) is 2.51. The van der Waals surface area contributed by atoms with Gasteiger partial charge in [-0.15, -0.1) is 0 Å². The lowest BCUT2D eigenvalue weighted by Crippen LogP contribution is -1.99. The zero-order valence-electron chi connectivity index (χ0n) is 10.6. The molecule has 3 heterocycles. The number of nitrogen functional groups attached to an aromatic ring is 1. The Hall–Kier alpha value is -3.02. The number of aromatic nitrogens is 4. The summed E-state index contributed by atoms with van der Waals surface area (Å²) in [6, 6.07) is 9.20. The number of hydrogen-bond donors (Lipinski definition) is 2. The van der Waals surface area contributed by atoms with Crippen LogP contribution in [0.1, 0.15) is 0 Å². The molecule has 3 rings (SSSR count). The van der Waals surface area contributed by atoms with Crippen molar-refractivity contribution in [2.75, 3.05) is 11.1 Å². The summed E-state index contributed by atoms with van der Waals surface area (Å²) in [6.45, 7) is 0. The first kappa shape index (κ1) is 12.0. The van der Waals surface area contributed by atoms with Crippen LogP contribution in [0.5, 0.6) is 0 Å². The van der Waals surface area contributed by atoms with Crippen molar-refractivity contribution in [3.63, 3.8) is 0 Å². The highest BCUT2D eigenvalue weighted by Gasteiger charge is 2.03. The van der Waals surface area contributed by atoms with Gasteiger partial charge in [0.25, 0.3) is 0 Å². The van der Waals surface area contributed by atoms with Crippen molar-refractivity contribution >= 4 is 17.3 Å². The van der Waals surface area contributed by atoms with Crippen LogP contribution in [0.2, 0.25) is 0 Å². The molecule has 6 heteroatoms. The Balaban J connectivity index is 1.86. The molecule has 0 unspecified atom stereocenters. The van der Waals surface area contributed by atoms with Gasteiger partial charge in [-0.25, -0.2) is 9.97 Å². The van der Waals surface area contributed by atoms with E-state index < -0.39 is 0 Å². The van der Waals surface area contributed by atoms with Crippen molar-refractivity contribution in [3.05, 3.63) is 55.1 Å². The van der Waals surface area contributed by atoms with Crippen LogP contribution in [0.15, 0.2) is 55.1 Å². The van der Waals surface area contributed by atoms with Gasteiger partial charge in [-0.05, 0) is 24.3 Å². The largest absolute Gasteiger partial charge is 0.397 e. The molecular formula is C14H12N6. The maximum atomic E-state index is 5.59. The Morgan fingerprint density at radius 2 is 1.80 bits per heavy atom. The van der Waals surface area contributed by atoms with E-state index in [0.717, 1.165) is 5.69 Å². The molecule has 0 bridgehead atoms. The average molecular weight is 264 g/mol. The standard InChI is InChI=1S/C14H12N6/c15-10-4-5-13(18-7-10)20-14-9-16-8-12(19-14)11-3-1-2-6-17-11/h1-9H,15H2,(H,18,19,20). The predicted molar refractivity (Wildman–Crippen MR) is 77.2 cm³/mol. The van der Waals surface area contributed by atoms with Crippen molar-refractivity contribution in [1.82, 2.24) is 19.9 Å². The molecular weight excluding hydrogens is 252 g/mol. The third-order valence-electron chi connectivity index (χ3n) is 2.60. The second kappa shape index (κ2) is 5.31. The highest BCUT2D eigenvalue weighted by Crippen LogP contribution is 2.17. The lowest BCUT2D eigenvalue weighted by Gasteiger charge is -2.06. The van der Waals surface area contributed by atoms with Gasteiger partial charge in [-0.1, -0.05) is 6.07 Å². The summed E-state index contributed by atoms with van der Waals surface area (Å²) >= 11 is 0. The fourth-order valence-corrected chi connectivity index (χ4v) is 1.67. The van der Waals surface area contributed by atoms with Crippen LogP contribution in [0.4, 0.5) is 17.3 Å². The molecule has 20 heavy (non-hydrogen) atoms. The van der Waals surface area contributed by atoms with Gasteiger partial charge in [0.1, 0.15) is 11.5 Å². The fraction of sp³-hybridized carbons (Fsp3) is 0. The van der Waals surface area contributed by atoms with E-state index in [1.54, 1.807) is 36.9 Å². The van der Waals surface area contributed by atoms with Gasteiger partial charge in [0.2, 0.25) is 0 Å². The van der Waals surface area contributed by atoms with E-state index in [-0.39, 0.29) is 0 Å². The van der Waals surface area contributed by atoms with Crippen molar-refractivity contribution in [2.45, 2.75) is 0 Å². The molecule has 6 nitrogen and oxygen atoms in total. The molecule has 0 saturated carbocycles. The third kappa shape index (κ3) is 2.69. The molecule has 0 fully saturated rings. The van der Waals surface area contributed by atoms with Crippen LogP contribution in [-0.4, -0.2) is 19.9 Å². The molecule has 0 amide bonds. The lowest BCUT2D eigenvalue weighted by atomic mass is 10.3. The van der Waals surface area contributed by atoms with Crippen LogP contribution in [0, 0.1) is 0 Å². The third-order valence-corrected chi connectivity index (χ3v) is 2.60. The quantitative estimate of drug-likeness (QED) is 0.754. The Morgan fingerprint density at radius 1 is 0.850 bits per heavy atom. The number of hydrogen-bond acceptors (Lipinski definition) is 6. The van der Waals surface area contributed by atoms with E-state index in [1.165, 1.54) is 0 Å². The van der Waals surface area contributed by atoms with Gasteiger partial charge in [-0.3, -0.25) is 9.97 Å². The second-order valence-electron chi connectivity index (χ2n) is 4.11. The predicted octanol–water partition coefficient (Wildman–Crippen LogP) is 2.26. The van der Waals surface area contributed by atoms with Gasteiger partial charge in [-0.2, -0.15) is 0 Å². The molecule has 0 spiro atoms. The van der Waals surface area contributed by atoms with Gasteiger partial charge in [0.15, 0.2) is 5.82 Å². The first-order chi connectivity index (χ1) is 9.81. The number of nitrogens with zero attached hydrogens (tertiary/aromatic N) is 4. The minimum absolute atomic E-state index is 0.602. The zero-order valence-corrected chi connectivity index (χ0v) is 10.6. The van der Waals surface area contributed by atoms with Gasteiger partial charge in [0.05, 0.1) is 30.0 Å². The summed E-state index contributed by atoms with van der Waals surface area (Å²) < 4.78 is 0. The Bertz CT molecular complexity index is 696. The zero-order chi connectivity index (χ0) is 13.8. The normalized spacial score (nSPS) is 10.2. The number of nitrogens with one attached hydrogen (secondary N) is 1. The van der Waals surface area contributed by atoms with Crippen LogP contribution in [0.3, 0.4) is 0 Å². The molecule has 98 valence electrons. The smallest absolute Gasteiger partial charge is 0.150 e. The van der Waals surface area contributed by atoms with Crippen LogP contribution < -0.4 is 11.1 Å². The first-order valence-corrected chi connectivity index (χ1v) is 6.03. The van der Waals surface area contributed by atoms with Crippen molar-refractivity contribution in [3.8, 4) is 11.4 Å². The molecule has 0 aliphatic heterocycles. The molecule has 0 saturated heterocycles. The highest BCUT2D eigenvalue weighted by molar-refractivity contribution is 5.58. The first-order valence-electron chi connectivity index (χ1n) is 6.03. The summed E-state index contributed by atoms with van der Waals surface area (Å²) in [5, 5.41) is 3.07. The van der Waals surface area contributed by atoms with Gasteiger partial charge < -0.3 is 11.1 Å². The molecule has 0 atom stereocenters. The Morgan fingerprint density at radius 3 is 2.55 bits per heavy atom. The summed E-state index contributed by atoms with van der Waals surface area (Å²) in [5.74, 6) is 1.26. The molecule has 0 aromatic carbocycles.